The van der Waals surface area contributed by atoms with E-state index in [1.54, 1.807) is 6.07 Å². The minimum atomic E-state index is -1.14. The SMILES string of the molecule is CCCOCCOc1ccc(Cc2cc(C3CC(O)C(=O)C(CO)O3)ccc2Cl)cc1. The Morgan fingerprint density at radius 2 is 1.90 bits per heavy atom. The summed E-state index contributed by atoms with van der Waals surface area (Å²) in [6, 6.07) is 13.4. The van der Waals surface area contributed by atoms with E-state index < -0.39 is 30.7 Å². The molecule has 0 aliphatic carbocycles. The summed E-state index contributed by atoms with van der Waals surface area (Å²) in [7, 11) is 0. The van der Waals surface area contributed by atoms with Crippen LogP contribution >= 0.6 is 11.6 Å². The van der Waals surface area contributed by atoms with Gasteiger partial charge in [0.05, 0.1) is 19.3 Å². The van der Waals surface area contributed by atoms with Crippen LogP contribution in [0.3, 0.4) is 0 Å². The largest absolute Gasteiger partial charge is 0.491 e. The van der Waals surface area contributed by atoms with Gasteiger partial charge in [-0.3, -0.25) is 4.79 Å². The lowest BCUT2D eigenvalue weighted by molar-refractivity contribution is -0.161. The molecular formula is C24H29ClO6. The summed E-state index contributed by atoms with van der Waals surface area (Å²) in [5.41, 5.74) is 2.80. The van der Waals surface area contributed by atoms with Crippen LogP contribution in [-0.2, 0) is 20.7 Å². The Kier molecular flexibility index (Phi) is 8.87. The van der Waals surface area contributed by atoms with Crippen molar-refractivity contribution in [3.63, 3.8) is 0 Å². The van der Waals surface area contributed by atoms with E-state index in [4.69, 9.17) is 25.8 Å². The Morgan fingerprint density at radius 3 is 2.61 bits per heavy atom. The number of aliphatic hydroxyl groups is 2. The van der Waals surface area contributed by atoms with Crippen molar-refractivity contribution in [1.82, 2.24) is 0 Å². The molecule has 1 aliphatic heterocycles. The van der Waals surface area contributed by atoms with E-state index in [2.05, 4.69) is 6.92 Å². The van der Waals surface area contributed by atoms with E-state index in [1.165, 1.54) is 0 Å². The van der Waals surface area contributed by atoms with Crippen molar-refractivity contribution in [1.29, 1.82) is 0 Å². The Bertz CT molecular complexity index is 854. The number of rotatable bonds is 10. The third kappa shape index (κ3) is 6.51. The molecule has 0 radical (unpaired) electrons. The van der Waals surface area contributed by atoms with Gasteiger partial charge in [0.15, 0.2) is 5.78 Å². The van der Waals surface area contributed by atoms with Crippen molar-refractivity contribution in [2.75, 3.05) is 26.4 Å². The molecule has 3 unspecified atom stereocenters. The number of benzene rings is 2. The highest BCUT2D eigenvalue weighted by Gasteiger charge is 2.36. The summed E-state index contributed by atoms with van der Waals surface area (Å²) in [6.45, 7) is 3.44. The lowest BCUT2D eigenvalue weighted by Crippen LogP contribution is -2.43. The monoisotopic (exact) mass is 448 g/mol. The quantitative estimate of drug-likeness (QED) is 0.541. The first-order chi connectivity index (χ1) is 15.0. The molecule has 0 aromatic heterocycles. The lowest BCUT2D eigenvalue weighted by atomic mass is 9.93. The van der Waals surface area contributed by atoms with Crippen LogP contribution in [0.4, 0.5) is 0 Å². The number of hydrogen-bond donors (Lipinski definition) is 2. The average Bonchev–Trinajstić information content (AvgIpc) is 2.78. The first-order valence-electron chi connectivity index (χ1n) is 10.6. The molecule has 2 aromatic rings. The maximum Gasteiger partial charge on any atom is 0.192 e. The van der Waals surface area contributed by atoms with Crippen molar-refractivity contribution in [3.8, 4) is 5.75 Å². The second-order valence-electron chi connectivity index (χ2n) is 7.58. The number of Topliss-reactive ketones (excluding diaryl/α,β-unsaturated/α-hetero) is 1. The third-order valence-electron chi connectivity index (χ3n) is 5.18. The summed E-state index contributed by atoms with van der Waals surface area (Å²) in [4.78, 5) is 11.9. The maximum atomic E-state index is 11.9. The van der Waals surface area contributed by atoms with Gasteiger partial charge >= 0.3 is 0 Å². The summed E-state index contributed by atoms with van der Waals surface area (Å²) in [5, 5.41) is 20.0. The van der Waals surface area contributed by atoms with Gasteiger partial charge < -0.3 is 24.4 Å². The zero-order valence-electron chi connectivity index (χ0n) is 17.6. The van der Waals surface area contributed by atoms with Crippen LogP contribution in [0.1, 0.15) is 42.6 Å². The van der Waals surface area contributed by atoms with E-state index in [0.717, 1.165) is 35.5 Å². The third-order valence-corrected chi connectivity index (χ3v) is 5.55. The molecule has 3 atom stereocenters. The molecule has 0 saturated carbocycles. The lowest BCUT2D eigenvalue weighted by Gasteiger charge is -2.31. The fraction of sp³-hybridized carbons (Fsp3) is 0.458. The second-order valence-corrected chi connectivity index (χ2v) is 7.99. The zero-order valence-corrected chi connectivity index (χ0v) is 18.4. The molecule has 1 fully saturated rings. The molecule has 1 aliphatic rings. The first-order valence-corrected chi connectivity index (χ1v) is 11.0. The normalized spacial score (nSPS) is 21.3. The Hall–Kier alpha value is -1.96. The molecule has 31 heavy (non-hydrogen) atoms. The van der Waals surface area contributed by atoms with Crippen molar-refractivity contribution in [2.45, 2.75) is 44.5 Å². The van der Waals surface area contributed by atoms with Gasteiger partial charge in [0, 0.05) is 18.1 Å². The molecule has 0 spiro atoms. The number of ether oxygens (including phenoxy) is 3. The number of hydrogen-bond acceptors (Lipinski definition) is 6. The fourth-order valence-electron chi connectivity index (χ4n) is 3.52. The number of aliphatic hydroxyl groups excluding tert-OH is 2. The van der Waals surface area contributed by atoms with Gasteiger partial charge in [-0.1, -0.05) is 42.8 Å². The van der Waals surface area contributed by atoms with Gasteiger partial charge in [-0.05, 0) is 47.7 Å². The Morgan fingerprint density at radius 1 is 1.13 bits per heavy atom. The molecule has 6 nitrogen and oxygen atoms in total. The molecule has 0 bridgehead atoms. The van der Waals surface area contributed by atoms with Gasteiger partial charge in [-0.25, -0.2) is 0 Å². The molecule has 2 N–H and O–H groups in total. The van der Waals surface area contributed by atoms with Gasteiger partial charge in [0.25, 0.3) is 0 Å². The molecule has 1 saturated heterocycles. The van der Waals surface area contributed by atoms with Crippen LogP contribution in [0.2, 0.25) is 5.02 Å². The van der Waals surface area contributed by atoms with E-state index in [-0.39, 0.29) is 6.42 Å². The highest BCUT2D eigenvalue weighted by molar-refractivity contribution is 6.31. The van der Waals surface area contributed by atoms with Crippen LogP contribution in [0.15, 0.2) is 42.5 Å². The average molecular weight is 449 g/mol. The molecule has 168 valence electrons. The van der Waals surface area contributed by atoms with Crippen molar-refractivity contribution < 1.29 is 29.2 Å². The van der Waals surface area contributed by atoms with Crippen LogP contribution in [0.25, 0.3) is 0 Å². The summed E-state index contributed by atoms with van der Waals surface area (Å²) >= 11 is 6.41. The van der Waals surface area contributed by atoms with Gasteiger partial charge in [-0.2, -0.15) is 0 Å². The van der Waals surface area contributed by atoms with Crippen LogP contribution in [0, 0.1) is 0 Å². The molecule has 7 heteroatoms. The van der Waals surface area contributed by atoms with Crippen molar-refractivity contribution in [3.05, 3.63) is 64.2 Å². The standard InChI is InChI=1S/C24H29ClO6/c1-2-9-29-10-11-30-19-6-3-16(4-7-19)12-18-13-17(5-8-20(18)25)22-14-21(27)24(28)23(15-26)31-22/h3-8,13,21-23,26-27H,2,9-12,14-15H2,1H3. The van der Waals surface area contributed by atoms with Gasteiger partial charge in [0.1, 0.15) is 24.6 Å². The summed E-state index contributed by atoms with van der Waals surface area (Å²) < 4.78 is 16.8. The number of carbonyl (C=O) groups is 1. The first kappa shape index (κ1) is 23.7. The summed E-state index contributed by atoms with van der Waals surface area (Å²) in [5.74, 6) is 0.306. The van der Waals surface area contributed by atoms with Crippen molar-refractivity contribution >= 4 is 17.4 Å². The highest BCUT2D eigenvalue weighted by atomic mass is 35.5. The summed E-state index contributed by atoms with van der Waals surface area (Å²) in [6.07, 6.45) is -0.866. The molecule has 0 amide bonds. The van der Waals surface area contributed by atoms with Gasteiger partial charge in [-0.15, -0.1) is 0 Å². The van der Waals surface area contributed by atoms with E-state index in [9.17, 15) is 15.0 Å². The number of halogens is 1. The Balaban J connectivity index is 1.63. The van der Waals surface area contributed by atoms with E-state index >= 15 is 0 Å². The molecule has 1 heterocycles. The topological polar surface area (TPSA) is 85.2 Å². The predicted molar refractivity (Wildman–Crippen MR) is 118 cm³/mol. The number of ketones is 1. The predicted octanol–water partition coefficient (Wildman–Crippen LogP) is 3.49. The maximum absolute atomic E-state index is 11.9. The second kappa shape index (κ2) is 11.6. The van der Waals surface area contributed by atoms with Gasteiger partial charge in [0.2, 0.25) is 0 Å². The highest BCUT2D eigenvalue weighted by Crippen LogP contribution is 2.32. The van der Waals surface area contributed by atoms with Crippen LogP contribution in [0.5, 0.6) is 5.75 Å². The fourth-order valence-corrected chi connectivity index (χ4v) is 3.71. The van der Waals surface area contributed by atoms with E-state index in [0.29, 0.717) is 24.7 Å². The van der Waals surface area contributed by atoms with Crippen LogP contribution in [-0.4, -0.2) is 54.6 Å². The molecule has 3 rings (SSSR count). The molecule has 2 aromatic carbocycles. The minimum absolute atomic E-state index is 0.157. The smallest absolute Gasteiger partial charge is 0.192 e. The minimum Gasteiger partial charge on any atom is -0.491 e. The zero-order chi connectivity index (χ0) is 22.2. The Labute approximate surface area is 187 Å². The molecular weight excluding hydrogens is 420 g/mol. The van der Waals surface area contributed by atoms with Crippen LogP contribution < -0.4 is 4.74 Å². The van der Waals surface area contributed by atoms with Crippen molar-refractivity contribution in [2.24, 2.45) is 0 Å². The number of carbonyl (C=O) groups excluding carboxylic acids is 1. The van der Waals surface area contributed by atoms with E-state index in [1.807, 2.05) is 36.4 Å².